The minimum Gasteiger partial charge on any atom is -0.452 e. The third-order valence-corrected chi connectivity index (χ3v) is 6.20. The van der Waals surface area contributed by atoms with Gasteiger partial charge in [-0.05, 0) is 44.0 Å². The summed E-state index contributed by atoms with van der Waals surface area (Å²) in [4.78, 5) is 62.1. The molecule has 0 bridgehead atoms. The molecule has 0 unspecified atom stereocenters. The first-order valence-corrected chi connectivity index (χ1v) is 11.0. The highest BCUT2D eigenvalue weighted by atomic mass is 16.6. The normalized spacial score (nSPS) is 15.7. The Morgan fingerprint density at radius 1 is 1.09 bits per heavy atom. The topological polar surface area (TPSA) is 136 Å². The summed E-state index contributed by atoms with van der Waals surface area (Å²) in [5.41, 5.74) is 0.822. The number of benzene rings is 2. The minimum absolute atomic E-state index is 0.0460. The van der Waals surface area contributed by atoms with Crippen LogP contribution in [-0.2, 0) is 9.53 Å². The van der Waals surface area contributed by atoms with E-state index in [-0.39, 0.29) is 45.6 Å². The third-order valence-electron chi connectivity index (χ3n) is 6.20. The predicted octanol–water partition coefficient (Wildman–Crippen LogP) is 3.63. The number of nitro benzene ring substituents is 1. The average Bonchev–Trinajstić information content (AvgIpc) is 3.08. The van der Waals surface area contributed by atoms with E-state index in [1.807, 2.05) is 0 Å². The molecular formula is C24H23N3O7. The molecule has 0 saturated heterocycles. The number of esters is 1. The van der Waals surface area contributed by atoms with E-state index in [0.717, 1.165) is 32.1 Å². The van der Waals surface area contributed by atoms with Crippen LogP contribution in [0.3, 0.4) is 0 Å². The minimum atomic E-state index is -0.829. The number of nitro groups is 1. The van der Waals surface area contributed by atoms with E-state index in [9.17, 15) is 29.3 Å². The van der Waals surface area contributed by atoms with Crippen LogP contribution in [0.4, 0.5) is 11.4 Å². The van der Waals surface area contributed by atoms with Gasteiger partial charge in [0.1, 0.15) is 0 Å². The summed E-state index contributed by atoms with van der Waals surface area (Å²) < 4.78 is 5.05. The molecule has 1 aliphatic carbocycles. The number of nitrogens with zero attached hydrogens (tertiary/aromatic N) is 2. The second kappa shape index (κ2) is 9.42. The molecule has 1 fully saturated rings. The van der Waals surface area contributed by atoms with Crippen molar-refractivity contribution in [2.45, 2.75) is 45.1 Å². The van der Waals surface area contributed by atoms with Gasteiger partial charge in [-0.2, -0.15) is 0 Å². The molecule has 34 heavy (non-hydrogen) atoms. The van der Waals surface area contributed by atoms with Crippen molar-refractivity contribution in [2.24, 2.45) is 0 Å². The van der Waals surface area contributed by atoms with E-state index in [2.05, 4.69) is 5.32 Å². The van der Waals surface area contributed by atoms with E-state index in [0.29, 0.717) is 0 Å². The van der Waals surface area contributed by atoms with Gasteiger partial charge in [0.15, 0.2) is 6.61 Å². The van der Waals surface area contributed by atoms with Crippen LogP contribution in [-0.4, -0.2) is 46.2 Å². The number of hydrogen-bond acceptors (Lipinski definition) is 7. The van der Waals surface area contributed by atoms with Crippen LogP contribution in [0.25, 0.3) is 0 Å². The number of anilines is 1. The van der Waals surface area contributed by atoms with Crippen molar-refractivity contribution < 1.29 is 28.8 Å². The second-order valence-electron chi connectivity index (χ2n) is 8.36. The molecule has 10 heteroatoms. The maximum absolute atomic E-state index is 12.9. The third kappa shape index (κ3) is 4.39. The number of imide groups is 1. The Bertz CT molecular complexity index is 1200. The molecule has 0 atom stereocenters. The van der Waals surface area contributed by atoms with Crippen LogP contribution < -0.4 is 5.32 Å². The number of carbonyl (C=O) groups excluding carboxylic acids is 4. The van der Waals surface area contributed by atoms with Gasteiger partial charge in [-0.3, -0.25) is 29.4 Å². The zero-order valence-corrected chi connectivity index (χ0v) is 18.5. The van der Waals surface area contributed by atoms with E-state index in [1.54, 1.807) is 0 Å². The Kier molecular flexibility index (Phi) is 6.40. The van der Waals surface area contributed by atoms with Crippen molar-refractivity contribution in [3.8, 4) is 0 Å². The van der Waals surface area contributed by atoms with Crippen molar-refractivity contribution in [2.75, 3.05) is 11.9 Å². The lowest BCUT2D eigenvalue weighted by molar-refractivity contribution is -0.385. The predicted molar refractivity (Wildman–Crippen MR) is 121 cm³/mol. The number of ether oxygens (including phenoxy) is 1. The summed E-state index contributed by atoms with van der Waals surface area (Å²) in [7, 11) is 0. The molecule has 2 aromatic rings. The number of carbonyl (C=O) groups is 4. The Morgan fingerprint density at radius 2 is 1.79 bits per heavy atom. The molecule has 176 valence electrons. The number of nitrogens with one attached hydrogen (secondary N) is 1. The Hall–Kier alpha value is -4.08. The van der Waals surface area contributed by atoms with Gasteiger partial charge >= 0.3 is 5.97 Å². The van der Waals surface area contributed by atoms with Gasteiger partial charge in [-0.1, -0.05) is 25.3 Å². The molecule has 2 aliphatic rings. The summed E-state index contributed by atoms with van der Waals surface area (Å²) in [6.45, 7) is 0.873. The maximum atomic E-state index is 12.9. The smallest absolute Gasteiger partial charge is 0.338 e. The molecular weight excluding hydrogens is 442 g/mol. The number of amides is 3. The molecule has 1 N–H and O–H groups in total. The molecule has 0 radical (unpaired) electrons. The highest BCUT2D eigenvalue weighted by Gasteiger charge is 2.40. The first kappa shape index (κ1) is 23.1. The van der Waals surface area contributed by atoms with Crippen molar-refractivity contribution >= 4 is 35.1 Å². The lowest BCUT2D eigenvalue weighted by Gasteiger charge is -2.29. The summed E-state index contributed by atoms with van der Waals surface area (Å²) in [5.74, 6) is -2.27. The standard InChI is InChI=1S/C24H23N3O7/c1-14-19(8-5-9-20(14)27(32)33)25-21(28)13-34-24(31)15-10-11-17-18(12-15)23(30)26(22(17)29)16-6-3-2-4-7-16/h5,8-12,16H,2-4,6-7,13H2,1H3,(H,25,28). The molecule has 1 heterocycles. The zero-order chi connectivity index (χ0) is 24.4. The van der Waals surface area contributed by atoms with Gasteiger partial charge in [0.2, 0.25) is 0 Å². The van der Waals surface area contributed by atoms with Crippen LogP contribution in [0.5, 0.6) is 0 Å². The fourth-order valence-electron chi connectivity index (χ4n) is 4.41. The SMILES string of the molecule is Cc1c(NC(=O)COC(=O)c2ccc3c(c2)C(=O)N(C2CCCCC2)C3=O)cccc1[N+](=O)[O-]. The number of rotatable bonds is 6. The number of fused-ring (bicyclic) bond motifs is 1. The van der Waals surface area contributed by atoms with E-state index in [1.165, 1.54) is 48.2 Å². The zero-order valence-electron chi connectivity index (χ0n) is 18.5. The van der Waals surface area contributed by atoms with Crippen molar-refractivity contribution in [3.05, 3.63) is 68.8 Å². The van der Waals surface area contributed by atoms with Gasteiger partial charge in [-0.25, -0.2) is 4.79 Å². The lowest BCUT2D eigenvalue weighted by Crippen LogP contribution is -2.40. The molecule has 0 aromatic heterocycles. The summed E-state index contributed by atoms with van der Waals surface area (Å²) in [5, 5.41) is 13.5. The summed E-state index contributed by atoms with van der Waals surface area (Å²) in [6, 6.07) is 8.28. The highest BCUT2D eigenvalue weighted by molar-refractivity contribution is 6.22. The lowest BCUT2D eigenvalue weighted by atomic mass is 9.94. The monoisotopic (exact) mass is 465 g/mol. The fraction of sp³-hybridized carbons (Fsp3) is 0.333. The van der Waals surface area contributed by atoms with Gasteiger partial charge in [-0.15, -0.1) is 0 Å². The summed E-state index contributed by atoms with van der Waals surface area (Å²) >= 11 is 0. The molecule has 10 nitrogen and oxygen atoms in total. The Morgan fingerprint density at radius 3 is 2.50 bits per heavy atom. The average molecular weight is 465 g/mol. The highest BCUT2D eigenvalue weighted by Crippen LogP contribution is 2.31. The van der Waals surface area contributed by atoms with Crippen molar-refractivity contribution in [1.29, 1.82) is 0 Å². The van der Waals surface area contributed by atoms with Gasteiger partial charge in [0.25, 0.3) is 23.4 Å². The van der Waals surface area contributed by atoms with Crippen LogP contribution in [0, 0.1) is 17.0 Å². The van der Waals surface area contributed by atoms with Gasteiger partial charge < -0.3 is 10.1 Å². The molecule has 4 rings (SSSR count). The van der Waals surface area contributed by atoms with Crippen LogP contribution >= 0.6 is 0 Å². The van der Waals surface area contributed by atoms with Crippen LogP contribution in [0.2, 0.25) is 0 Å². The Labute approximate surface area is 195 Å². The first-order chi connectivity index (χ1) is 16.3. The second-order valence-corrected chi connectivity index (χ2v) is 8.36. The first-order valence-electron chi connectivity index (χ1n) is 11.0. The molecule has 1 saturated carbocycles. The van der Waals surface area contributed by atoms with E-state index in [4.69, 9.17) is 4.74 Å². The molecule has 3 amide bonds. The van der Waals surface area contributed by atoms with Gasteiger partial charge in [0, 0.05) is 12.1 Å². The van der Waals surface area contributed by atoms with Crippen LogP contribution in [0.1, 0.15) is 68.7 Å². The molecule has 2 aromatic carbocycles. The largest absolute Gasteiger partial charge is 0.452 e. The van der Waals surface area contributed by atoms with Crippen LogP contribution in [0.15, 0.2) is 36.4 Å². The molecule has 1 aliphatic heterocycles. The van der Waals surface area contributed by atoms with E-state index >= 15 is 0 Å². The maximum Gasteiger partial charge on any atom is 0.338 e. The quantitative estimate of drug-likeness (QED) is 0.298. The van der Waals surface area contributed by atoms with E-state index < -0.39 is 29.3 Å². The molecule has 0 spiro atoms. The van der Waals surface area contributed by atoms with Crippen molar-refractivity contribution in [3.63, 3.8) is 0 Å². The van der Waals surface area contributed by atoms with Crippen molar-refractivity contribution in [1.82, 2.24) is 4.90 Å². The Balaban J connectivity index is 1.41. The van der Waals surface area contributed by atoms with Gasteiger partial charge in [0.05, 0.1) is 32.9 Å². The number of hydrogen-bond donors (Lipinski definition) is 1. The summed E-state index contributed by atoms with van der Waals surface area (Å²) in [6.07, 6.45) is 4.57. The fourth-order valence-corrected chi connectivity index (χ4v) is 4.41.